The normalized spacial score (nSPS) is 17.3. The molecule has 4 rings (SSSR count). The van der Waals surface area contributed by atoms with Crippen LogP contribution in [0.5, 0.6) is 0 Å². The topological polar surface area (TPSA) is 72.1 Å². The third kappa shape index (κ3) is 2.88. The van der Waals surface area contributed by atoms with Crippen molar-refractivity contribution in [1.29, 1.82) is 0 Å². The molecule has 0 bridgehead atoms. The van der Waals surface area contributed by atoms with Crippen LogP contribution in [0.15, 0.2) is 47.2 Å². The van der Waals surface area contributed by atoms with Gasteiger partial charge in [-0.3, -0.25) is 9.78 Å². The van der Waals surface area contributed by atoms with Gasteiger partial charge in [-0.05, 0) is 42.8 Å². The zero-order valence-corrected chi connectivity index (χ0v) is 13.5. The molecule has 1 aliphatic heterocycles. The van der Waals surface area contributed by atoms with Gasteiger partial charge in [0.1, 0.15) is 5.82 Å². The van der Waals surface area contributed by atoms with E-state index in [-0.39, 0.29) is 24.1 Å². The molecular formula is C18H15FN4O2. The summed E-state index contributed by atoms with van der Waals surface area (Å²) in [5.41, 5.74) is 2.18. The molecule has 1 atom stereocenters. The summed E-state index contributed by atoms with van der Waals surface area (Å²) in [7, 11) is 0. The first-order valence-electron chi connectivity index (χ1n) is 7.92. The molecule has 126 valence electrons. The first kappa shape index (κ1) is 15.4. The summed E-state index contributed by atoms with van der Waals surface area (Å²) in [6.07, 6.45) is 3.61. The molecule has 0 saturated carbocycles. The Hall–Kier alpha value is -3.09. The summed E-state index contributed by atoms with van der Waals surface area (Å²) >= 11 is 0. The Morgan fingerprint density at radius 3 is 2.96 bits per heavy atom. The third-order valence-electron chi connectivity index (χ3n) is 4.29. The van der Waals surface area contributed by atoms with E-state index >= 15 is 0 Å². The molecule has 0 N–H and O–H groups in total. The number of hydrogen-bond acceptors (Lipinski definition) is 5. The summed E-state index contributed by atoms with van der Waals surface area (Å²) < 4.78 is 18.7. The van der Waals surface area contributed by atoms with Crippen LogP contribution >= 0.6 is 0 Å². The van der Waals surface area contributed by atoms with Gasteiger partial charge >= 0.3 is 0 Å². The van der Waals surface area contributed by atoms with Crippen LogP contribution < -0.4 is 4.90 Å². The lowest BCUT2D eigenvalue weighted by Crippen LogP contribution is -2.25. The highest BCUT2D eigenvalue weighted by Crippen LogP contribution is 2.33. The fourth-order valence-electron chi connectivity index (χ4n) is 3.04. The van der Waals surface area contributed by atoms with Crippen molar-refractivity contribution in [2.75, 3.05) is 11.4 Å². The maximum atomic E-state index is 13.3. The molecule has 3 aromatic rings. The Morgan fingerprint density at radius 2 is 2.20 bits per heavy atom. The van der Waals surface area contributed by atoms with Gasteiger partial charge in [0.2, 0.25) is 17.6 Å². The molecule has 1 saturated heterocycles. The smallest absolute Gasteiger partial charge is 0.232 e. The Labute approximate surface area is 143 Å². The molecule has 3 heterocycles. The first-order valence-corrected chi connectivity index (χ1v) is 7.92. The van der Waals surface area contributed by atoms with Crippen molar-refractivity contribution >= 4 is 11.6 Å². The molecule has 2 aromatic heterocycles. The molecule has 1 aromatic carbocycles. The molecule has 1 unspecified atom stereocenters. The van der Waals surface area contributed by atoms with E-state index in [4.69, 9.17) is 4.52 Å². The number of pyridine rings is 1. The number of aromatic nitrogens is 3. The Bertz CT molecular complexity index is 926. The maximum Gasteiger partial charge on any atom is 0.232 e. The summed E-state index contributed by atoms with van der Waals surface area (Å²) in [6, 6.07) is 8.04. The SMILES string of the molecule is Cc1cc(F)ccc1N1CC(c2nc(-c3cccnc3)no2)CC1=O. The maximum absolute atomic E-state index is 13.3. The van der Waals surface area contributed by atoms with Crippen LogP contribution in [-0.4, -0.2) is 27.6 Å². The standard InChI is InChI=1S/C18H15FN4O2/c1-11-7-14(19)4-5-15(11)23-10-13(8-16(23)24)18-21-17(22-25-18)12-3-2-6-20-9-12/h2-7,9,13H,8,10H2,1H3. The van der Waals surface area contributed by atoms with Crippen LogP contribution in [0.25, 0.3) is 11.4 Å². The van der Waals surface area contributed by atoms with Gasteiger partial charge in [0.25, 0.3) is 0 Å². The molecule has 0 radical (unpaired) electrons. The van der Waals surface area contributed by atoms with E-state index < -0.39 is 0 Å². The number of aryl methyl sites for hydroxylation is 1. The largest absolute Gasteiger partial charge is 0.339 e. The number of benzene rings is 1. The molecule has 1 amide bonds. The van der Waals surface area contributed by atoms with Crippen molar-refractivity contribution in [2.45, 2.75) is 19.3 Å². The van der Waals surface area contributed by atoms with E-state index in [0.717, 1.165) is 11.1 Å². The number of hydrogen-bond donors (Lipinski definition) is 0. The van der Waals surface area contributed by atoms with Gasteiger partial charge in [0, 0.05) is 36.6 Å². The van der Waals surface area contributed by atoms with E-state index in [2.05, 4.69) is 15.1 Å². The van der Waals surface area contributed by atoms with Gasteiger partial charge in [-0.2, -0.15) is 4.98 Å². The summed E-state index contributed by atoms with van der Waals surface area (Å²) in [5.74, 6) is 0.333. The molecule has 1 fully saturated rings. The quantitative estimate of drug-likeness (QED) is 0.734. The fourth-order valence-corrected chi connectivity index (χ4v) is 3.04. The van der Waals surface area contributed by atoms with Gasteiger partial charge in [0.05, 0.1) is 5.92 Å². The number of carbonyl (C=O) groups excluding carboxylic acids is 1. The molecule has 25 heavy (non-hydrogen) atoms. The van der Waals surface area contributed by atoms with Gasteiger partial charge in [-0.25, -0.2) is 4.39 Å². The molecule has 0 aliphatic carbocycles. The second kappa shape index (κ2) is 6.08. The fraction of sp³-hybridized carbons (Fsp3) is 0.222. The van der Waals surface area contributed by atoms with Crippen molar-refractivity contribution in [3.8, 4) is 11.4 Å². The summed E-state index contributed by atoms with van der Waals surface area (Å²) in [5, 5.41) is 3.98. The van der Waals surface area contributed by atoms with Crippen LogP contribution in [0.4, 0.5) is 10.1 Å². The highest BCUT2D eigenvalue weighted by molar-refractivity contribution is 5.97. The highest BCUT2D eigenvalue weighted by atomic mass is 19.1. The monoisotopic (exact) mass is 338 g/mol. The Balaban J connectivity index is 1.57. The van der Waals surface area contributed by atoms with E-state index in [1.165, 1.54) is 12.1 Å². The van der Waals surface area contributed by atoms with Gasteiger partial charge in [-0.1, -0.05) is 5.16 Å². The van der Waals surface area contributed by atoms with Gasteiger partial charge < -0.3 is 9.42 Å². The zero-order valence-electron chi connectivity index (χ0n) is 13.5. The molecule has 7 heteroatoms. The Morgan fingerprint density at radius 1 is 1.32 bits per heavy atom. The average Bonchev–Trinajstić information content (AvgIpc) is 3.23. The average molecular weight is 338 g/mol. The molecule has 6 nitrogen and oxygen atoms in total. The number of carbonyl (C=O) groups is 1. The van der Waals surface area contributed by atoms with Crippen LogP contribution in [-0.2, 0) is 4.79 Å². The number of nitrogens with zero attached hydrogens (tertiary/aromatic N) is 4. The van der Waals surface area contributed by atoms with Gasteiger partial charge in [-0.15, -0.1) is 0 Å². The van der Waals surface area contributed by atoms with Crippen LogP contribution in [0, 0.1) is 12.7 Å². The minimum Gasteiger partial charge on any atom is -0.339 e. The van der Waals surface area contributed by atoms with Crippen LogP contribution in [0.2, 0.25) is 0 Å². The highest BCUT2D eigenvalue weighted by Gasteiger charge is 2.35. The lowest BCUT2D eigenvalue weighted by Gasteiger charge is -2.18. The number of rotatable bonds is 3. The first-order chi connectivity index (χ1) is 12.1. The number of halogens is 1. The van der Waals surface area contributed by atoms with Crippen molar-refractivity contribution in [3.63, 3.8) is 0 Å². The van der Waals surface area contributed by atoms with Crippen LogP contribution in [0.3, 0.4) is 0 Å². The predicted molar refractivity (Wildman–Crippen MR) is 88.4 cm³/mol. The summed E-state index contributed by atoms with van der Waals surface area (Å²) in [4.78, 5) is 22.5. The van der Waals surface area contributed by atoms with E-state index in [9.17, 15) is 9.18 Å². The molecular weight excluding hydrogens is 323 g/mol. The van der Waals surface area contributed by atoms with E-state index in [1.807, 2.05) is 6.07 Å². The van der Waals surface area contributed by atoms with Crippen molar-refractivity contribution in [2.24, 2.45) is 0 Å². The predicted octanol–water partition coefficient (Wildman–Crippen LogP) is 3.10. The number of anilines is 1. The minimum atomic E-state index is -0.317. The second-order valence-electron chi connectivity index (χ2n) is 6.03. The third-order valence-corrected chi connectivity index (χ3v) is 4.29. The van der Waals surface area contributed by atoms with Crippen LogP contribution in [0.1, 0.15) is 23.8 Å². The van der Waals surface area contributed by atoms with Gasteiger partial charge in [0.15, 0.2) is 0 Å². The summed E-state index contributed by atoms with van der Waals surface area (Å²) in [6.45, 7) is 2.21. The number of amides is 1. The lowest BCUT2D eigenvalue weighted by molar-refractivity contribution is -0.117. The van der Waals surface area contributed by atoms with E-state index in [0.29, 0.717) is 23.9 Å². The van der Waals surface area contributed by atoms with Crippen molar-refractivity contribution in [1.82, 2.24) is 15.1 Å². The minimum absolute atomic E-state index is 0.0409. The Kier molecular flexibility index (Phi) is 3.76. The molecule has 0 spiro atoms. The second-order valence-corrected chi connectivity index (χ2v) is 6.03. The zero-order chi connectivity index (χ0) is 17.4. The van der Waals surface area contributed by atoms with Crippen molar-refractivity contribution < 1.29 is 13.7 Å². The lowest BCUT2D eigenvalue weighted by atomic mass is 10.1. The van der Waals surface area contributed by atoms with Crippen molar-refractivity contribution in [3.05, 3.63) is 60.0 Å². The van der Waals surface area contributed by atoms with E-state index in [1.54, 1.807) is 36.4 Å². The molecule has 1 aliphatic rings.